The summed E-state index contributed by atoms with van der Waals surface area (Å²) in [6.07, 6.45) is 1.87. The van der Waals surface area contributed by atoms with Crippen molar-refractivity contribution >= 4 is 0 Å². The van der Waals surface area contributed by atoms with Crippen LogP contribution in [0.1, 0.15) is 39.6 Å². The van der Waals surface area contributed by atoms with Crippen molar-refractivity contribution < 1.29 is 0 Å². The minimum absolute atomic E-state index is 0.0991. The van der Waals surface area contributed by atoms with Gasteiger partial charge in [-0.1, -0.05) is 12.1 Å². The smallest absolute Gasteiger partial charge is 0.0588 e. The Kier molecular flexibility index (Phi) is 3.26. The van der Waals surface area contributed by atoms with Gasteiger partial charge in [-0.05, 0) is 49.9 Å². The van der Waals surface area contributed by atoms with Gasteiger partial charge in [-0.25, -0.2) is 0 Å². The molecule has 0 fully saturated rings. The third-order valence-electron chi connectivity index (χ3n) is 3.83. The summed E-state index contributed by atoms with van der Waals surface area (Å²) in [4.78, 5) is 0. The maximum atomic E-state index is 6.40. The van der Waals surface area contributed by atoms with Crippen molar-refractivity contribution in [2.75, 3.05) is 0 Å². The van der Waals surface area contributed by atoms with Crippen LogP contribution in [0.15, 0.2) is 18.3 Å². The molecule has 2 aromatic rings. The topological polar surface area (TPSA) is 43.8 Å². The zero-order valence-electron chi connectivity index (χ0n) is 11.8. The normalized spacial score (nSPS) is 12.8. The molecule has 0 saturated carbocycles. The van der Waals surface area contributed by atoms with Crippen molar-refractivity contribution in [3.63, 3.8) is 0 Å². The molecule has 0 amide bonds. The average molecular weight is 243 g/mol. The maximum absolute atomic E-state index is 6.40. The highest BCUT2D eigenvalue weighted by atomic mass is 15.3. The first-order valence-corrected chi connectivity index (χ1v) is 6.23. The van der Waals surface area contributed by atoms with E-state index in [4.69, 9.17) is 5.73 Å². The van der Waals surface area contributed by atoms with Gasteiger partial charge in [0.15, 0.2) is 0 Å². The van der Waals surface area contributed by atoms with E-state index in [2.05, 4.69) is 44.9 Å². The standard InChI is InChI=1S/C15H21N3/c1-9-6-11(3)13(7-10(9)2)15(16)14-8-17-18(5)12(14)4/h6-8,15H,16H2,1-5H3. The molecule has 0 aliphatic rings. The fourth-order valence-electron chi connectivity index (χ4n) is 2.31. The van der Waals surface area contributed by atoms with Gasteiger partial charge in [0.1, 0.15) is 0 Å². The molecule has 2 N–H and O–H groups in total. The first-order valence-electron chi connectivity index (χ1n) is 6.23. The Bertz CT molecular complexity index is 582. The quantitative estimate of drug-likeness (QED) is 0.881. The molecule has 0 saturated heterocycles. The molecule has 1 aromatic heterocycles. The number of aryl methyl sites for hydroxylation is 4. The Morgan fingerprint density at radius 2 is 1.61 bits per heavy atom. The highest BCUT2D eigenvalue weighted by Crippen LogP contribution is 2.26. The van der Waals surface area contributed by atoms with E-state index >= 15 is 0 Å². The molecule has 96 valence electrons. The lowest BCUT2D eigenvalue weighted by Gasteiger charge is -2.16. The minimum atomic E-state index is -0.0991. The lowest BCUT2D eigenvalue weighted by Crippen LogP contribution is -2.14. The Hall–Kier alpha value is -1.61. The zero-order chi connectivity index (χ0) is 13.4. The molecule has 2 rings (SSSR count). The van der Waals surface area contributed by atoms with Crippen LogP contribution in [0, 0.1) is 27.7 Å². The summed E-state index contributed by atoms with van der Waals surface area (Å²) < 4.78 is 1.87. The predicted molar refractivity (Wildman–Crippen MR) is 74.6 cm³/mol. The van der Waals surface area contributed by atoms with Gasteiger partial charge in [-0.15, -0.1) is 0 Å². The van der Waals surface area contributed by atoms with Crippen LogP contribution in [-0.2, 0) is 7.05 Å². The Morgan fingerprint density at radius 3 is 2.17 bits per heavy atom. The summed E-state index contributed by atoms with van der Waals surface area (Å²) in [6, 6.07) is 4.30. The molecule has 0 bridgehead atoms. The van der Waals surface area contributed by atoms with E-state index in [1.165, 1.54) is 22.3 Å². The molecule has 1 heterocycles. The van der Waals surface area contributed by atoms with E-state index < -0.39 is 0 Å². The molecule has 0 aliphatic heterocycles. The molecule has 18 heavy (non-hydrogen) atoms. The number of hydrogen-bond donors (Lipinski definition) is 1. The van der Waals surface area contributed by atoms with Crippen LogP contribution in [0.25, 0.3) is 0 Å². The first kappa shape index (κ1) is 12.8. The SMILES string of the molecule is Cc1cc(C)c(C(N)c2cnn(C)c2C)cc1C. The minimum Gasteiger partial charge on any atom is -0.320 e. The van der Waals surface area contributed by atoms with Crippen molar-refractivity contribution in [1.29, 1.82) is 0 Å². The number of aromatic nitrogens is 2. The van der Waals surface area contributed by atoms with Gasteiger partial charge >= 0.3 is 0 Å². The highest BCUT2D eigenvalue weighted by molar-refractivity contribution is 5.42. The lowest BCUT2D eigenvalue weighted by atomic mass is 9.92. The molecular formula is C15H21N3. The van der Waals surface area contributed by atoms with Crippen molar-refractivity contribution in [3.8, 4) is 0 Å². The Balaban J connectivity index is 2.49. The Morgan fingerprint density at radius 1 is 1.00 bits per heavy atom. The molecular weight excluding hydrogens is 222 g/mol. The van der Waals surface area contributed by atoms with Gasteiger partial charge in [0.25, 0.3) is 0 Å². The third-order valence-corrected chi connectivity index (χ3v) is 3.83. The van der Waals surface area contributed by atoms with Gasteiger partial charge < -0.3 is 5.73 Å². The summed E-state index contributed by atoms with van der Waals surface area (Å²) in [5.41, 5.74) is 13.7. The van der Waals surface area contributed by atoms with Crippen LogP contribution in [0.5, 0.6) is 0 Å². The largest absolute Gasteiger partial charge is 0.320 e. The highest BCUT2D eigenvalue weighted by Gasteiger charge is 2.17. The molecule has 3 heteroatoms. The summed E-state index contributed by atoms with van der Waals surface area (Å²) in [6.45, 7) is 8.43. The fourth-order valence-corrected chi connectivity index (χ4v) is 2.31. The van der Waals surface area contributed by atoms with E-state index in [-0.39, 0.29) is 6.04 Å². The second-order valence-electron chi connectivity index (χ2n) is 5.08. The van der Waals surface area contributed by atoms with Crippen LogP contribution in [0.4, 0.5) is 0 Å². The maximum Gasteiger partial charge on any atom is 0.0588 e. The van der Waals surface area contributed by atoms with Crippen molar-refractivity contribution in [1.82, 2.24) is 9.78 Å². The van der Waals surface area contributed by atoms with E-state index in [0.29, 0.717) is 0 Å². The monoisotopic (exact) mass is 243 g/mol. The van der Waals surface area contributed by atoms with E-state index in [1.807, 2.05) is 17.9 Å². The number of benzene rings is 1. The predicted octanol–water partition coefficient (Wildman–Crippen LogP) is 2.70. The van der Waals surface area contributed by atoms with Gasteiger partial charge in [-0.2, -0.15) is 5.10 Å². The van der Waals surface area contributed by atoms with Crippen LogP contribution < -0.4 is 5.73 Å². The van der Waals surface area contributed by atoms with E-state index in [9.17, 15) is 0 Å². The molecule has 0 radical (unpaired) electrons. The molecule has 0 spiro atoms. The lowest BCUT2D eigenvalue weighted by molar-refractivity contribution is 0.733. The molecule has 0 aliphatic carbocycles. The van der Waals surface area contributed by atoms with Crippen molar-refractivity contribution in [2.24, 2.45) is 12.8 Å². The summed E-state index contributed by atoms with van der Waals surface area (Å²) in [7, 11) is 1.94. The second-order valence-corrected chi connectivity index (χ2v) is 5.08. The fraction of sp³-hybridized carbons (Fsp3) is 0.400. The van der Waals surface area contributed by atoms with Gasteiger partial charge in [0.05, 0.1) is 12.2 Å². The molecule has 1 atom stereocenters. The second kappa shape index (κ2) is 4.58. The van der Waals surface area contributed by atoms with E-state index in [0.717, 1.165) is 11.3 Å². The third kappa shape index (κ3) is 2.06. The van der Waals surface area contributed by atoms with Gasteiger partial charge in [0, 0.05) is 18.3 Å². The van der Waals surface area contributed by atoms with Gasteiger partial charge in [0.2, 0.25) is 0 Å². The number of nitrogens with two attached hydrogens (primary N) is 1. The molecule has 1 aromatic carbocycles. The summed E-state index contributed by atoms with van der Waals surface area (Å²) >= 11 is 0. The van der Waals surface area contributed by atoms with Crippen molar-refractivity contribution in [3.05, 3.63) is 51.8 Å². The van der Waals surface area contributed by atoms with Crippen LogP contribution >= 0.6 is 0 Å². The van der Waals surface area contributed by atoms with Crippen LogP contribution in [-0.4, -0.2) is 9.78 Å². The molecule has 3 nitrogen and oxygen atoms in total. The van der Waals surface area contributed by atoms with Crippen LogP contribution in [0.2, 0.25) is 0 Å². The zero-order valence-corrected chi connectivity index (χ0v) is 11.8. The first-order chi connectivity index (χ1) is 8.41. The summed E-state index contributed by atoms with van der Waals surface area (Å²) in [5, 5.41) is 4.27. The Labute approximate surface area is 109 Å². The number of rotatable bonds is 2. The summed E-state index contributed by atoms with van der Waals surface area (Å²) in [5.74, 6) is 0. The average Bonchev–Trinajstić information content (AvgIpc) is 2.64. The van der Waals surface area contributed by atoms with Crippen molar-refractivity contribution in [2.45, 2.75) is 33.7 Å². The van der Waals surface area contributed by atoms with Gasteiger partial charge in [-0.3, -0.25) is 4.68 Å². The number of nitrogens with zero attached hydrogens (tertiary/aromatic N) is 2. The number of hydrogen-bond acceptors (Lipinski definition) is 2. The van der Waals surface area contributed by atoms with Crippen LogP contribution in [0.3, 0.4) is 0 Å². The van der Waals surface area contributed by atoms with E-state index in [1.54, 1.807) is 0 Å². The molecule has 1 unspecified atom stereocenters.